The molecule has 4 aliphatic rings. The first kappa shape index (κ1) is 22.0. The Kier molecular flexibility index (Phi) is 7.72. The van der Waals surface area contributed by atoms with Crippen molar-refractivity contribution >= 4 is 11.6 Å². The maximum atomic E-state index is 11.8. The zero-order valence-corrected chi connectivity index (χ0v) is 18.1. The van der Waals surface area contributed by atoms with E-state index in [-0.39, 0.29) is 11.2 Å². The molecule has 4 nitrogen and oxygen atoms in total. The fraction of sp³-hybridized carbons (Fsp3) is 0.917. The van der Waals surface area contributed by atoms with Crippen molar-refractivity contribution in [2.75, 3.05) is 13.2 Å². The van der Waals surface area contributed by atoms with Crippen LogP contribution in [0.1, 0.15) is 104 Å². The maximum absolute atomic E-state index is 11.8. The summed E-state index contributed by atoms with van der Waals surface area (Å²) in [6.07, 6.45) is 13.3. The second-order valence-corrected chi connectivity index (χ2v) is 9.81. The summed E-state index contributed by atoms with van der Waals surface area (Å²) < 4.78 is 13.0. The van der Waals surface area contributed by atoms with Crippen LogP contribution in [0.15, 0.2) is 0 Å². The van der Waals surface area contributed by atoms with Crippen LogP contribution < -0.4 is 0 Å². The van der Waals surface area contributed by atoms with E-state index in [0.29, 0.717) is 50.5 Å². The predicted octanol–water partition coefficient (Wildman–Crippen LogP) is 5.41. The highest BCUT2D eigenvalue weighted by atomic mass is 16.5. The number of hydrogen-bond acceptors (Lipinski definition) is 4. The lowest BCUT2D eigenvalue weighted by Gasteiger charge is -2.61. The van der Waals surface area contributed by atoms with Crippen molar-refractivity contribution in [3.8, 4) is 0 Å². The SMILES string of the molecule is CCCC(=O)CCCOC12CC3CC(C1)CC(OCCCC(=O)CCC)(C3)C2. The van der Waals surface area contributed by atoms with Crippen LogP contribution in [0.2, 0.25) is 0 Å². The Hall–Kier alpha value is -0.740. The number of Topliss-reactive ketones (excluding diaryl/α,β-unsaturated/α-hetero) is 2. The molecule has 4 fully saturated rings. The second-order valence-electron chi connectivity index (χ2n) is 9.81. The third kappa shape index (κ3) is 5.66. The van der Waals surface area contributed by atoms with Crippen LogP contribution in [-0.2, 0) is 19.1 Å². The monoisotopic (exact) mass is 392 g/mol. The number of hydrogen-bond donors (Lipinski definition) is 0. The number of ketones is 2. The van der Waals surface area contributed by atoms with Gasteiger partial charge in [0.1, 0.15) is 11.6 Å². The summed E-state index contributed by atoms with van der Waals surface area (Å²) in [5, 5.41) is 0. The first-order chi connectivity index (χ1) is 13.5. The van der Waals surface area contributed by atoms with E-state index in [1.165, 1.54) is 32.1 Å². The van der Waals surface area contributed by atoms with Crippen LogP contribution in [0.25, 0.3) is 0 Å². The third-order valence-corrected chi connectivity index (χ3v) is 7.03. The van der Waals surface area contributed by atoms with Crippen LogP contribution in [-0.4, -0.2) is 36.0 Å². The van der Waals surface area contributed by atoms with Gasteiger partial charge in [0.15, 0.2) is 0 Å². The molecule has 0 amide bonds. The topological polar surface area (TPSA) is 52.6 Å². The summed E-state index contributed by atoms with van der Waals surface area (Å²) in [7, 11) is 0. The third-order valence-electron chi connectivity index (χ3n) is 7.03. The summed E-state index contributed by atoms with van der Waals surface area (Å²) in [5.74, 6) is 2.19. The van der Waals surface area contributed by atoms with E-state index in [0.717, 1.165) is 43.9 Å². The lowest BCUT2D eigenvalue weighted by Crippen LogP contribution is -2.61. The Bertz CT molecular complexity index is 483. The normalized spacial score (nSPS) is 33.4. The van der Waals surface area contributed by atoms with Crippen LogP contribution in [0.3, 0.4) is 0 Å². The van der Waals surface area contributed by atoms with Gasteiger partial charge in [-0.05, 0) is 69.6 Å². The lowest BCUT2D eigenvalue weighted by atomic mass is 9.52. The van der Waals surface area contributed by atoms with E-state index in [4.69, 9.17) is 9.47 Å². The number of ether oxygens (including phenoxy) is 2. The van der Waals surface area contributed by atoms with Gasteiger partial charge < -0.3 is 9.47 Å². The summed E-state index contributed by atoms with van der Waals surface area (Å²) in [5.41, 5.74) is -0.0359. The van der Waals surface area contributed by atoms with Crippen molar-refractivity contribution in [1.82, 2.24) is 0 Å². The molecule has 0 saturated heterocycles. The summed E-state index contributed by atoms with van der Waals surface area (Å²) in [4.78, 5) is 23.5. The summed E-state index contributed by atoms with van der Waals surface area (Å²) in [6, 6.07) is 0. The molecular formula is C24H40O4. The molecule has 4 heteroatoms. The van der Waals surface area contributed by atoms with Crippen LogP contribution in [0.4, 0.5) is 0 Å². The largest absolute Gasteiger partial charge is 0.375 e. The van der Waals surface area contributed by atoms with Crippen molar-refractivity contribution in [3.63, 3.8) is 0 Å². The lowest BCUT2D eigenvalue weighted by molar-refractivity contribution is -0.237. The van der Waals surface area contributed by atoms with E-state index >= 15 is 0 Å². The van der Waals surface area contributed by atoms with Gasteiger partial charge in [-0.1, -0.05) is 13.8 Å². The molecule has 0 aromatic rings. The van der Waals surface area contributed by atoms with Crippen molar-refractivity contribution < 1.29 is 19.1 Å². The van der Waals surface area contributed by atoms with E-state index in [9.17, 15) is 9.59 Å². The fourth-order valence-corrected chi connectivity index (χ4v) is 6.36. The zero-order valence-electron chi connectivity index (χ0n) is 18.1. The molecule has 0 spiro atoms. The minimum Gasteiger partial charge on any atom is -0.375 e. The van der Waals surface area contributed by atoms with Gasteiger partial charge in [-0.25, -0.2) is 0 Å². The van der Waals surface area contributed by atoms with Crippen LogP contribution >= 0.6 is 0 Å². The molecular weight excluding hydrogens is 352 g/mol. The molecule has 160 valence electrons. The zero-order chi connectivity index (χ0) is 20.0. The van der Waals surface area contributed by atoms with Gasteiger partial charge in [-0.3, -0.25) is 9.59 Å². The Morgan fingerprint density at radius 1 is 0.750 bits per heavy atom. The average molecular weight is 393 g/mol. The summed E-state index contributed by atoms with van der Waals surface area (Å²) in [6.45, 7) is 5.53. The number of carbonyl (C=O) groups excluding carboxylic acids is 2. The van der Waals surface area contributed by atoms with E-state index in [1.54, 1.807) is 0 Å². The molecule has 0 heterocycles. The molecule has 0 N–H and O–H groups in total. The molecule has 0 aromatic carbocycles. The first-order valence-electron chi connectivity index (χ1n) is 11.8. The van der Waals surface area contributed by atoms with Gasteiger partial charge in [0.2, 0.25) is 0 Å². The minimum atomic E-state index is -0.0179. The quantitative estimate of drug-likeness (QED) is 0.371. The highest BCUT2D eigenvalue weighted by Gasteiger charge is 2.59. The molecule has 4 aliphatic carbocycles. The van der Waals surface area contributed by atoms with E-state index in [1.807, 2.05) is 0 Å². The Morgan fingerprint density at radius 3 is 1.57 bits per heavy atom. The standard InChI is InChI=1S/C24H40O4/c1-3-7-21(25)9-5-11-27-23-14-19-13-20(15-23)17-24(16-19,18-23)28-12-6-10-22(26)8-4-2/h19-20H,3-18H2,1-2H3. The van der Waals surface area contributed by atoms with Crippen LogP contribution in [0.5, 0.6) is 0 Å². The van der Waals surface area contributed by atoms with Crippen molar-refractivity contribution in [3.05, 3.63) is 0 Å². The smallest absolute Gasteiger partial charge is 0.132 e. The van der Waals surface area contributed by atoms with Gasteiger partial charge in [-0.15, -0.1) is 0 Å². The molecule has 4 bridgehead atoms. The molecule has 4 saturated carbocycles. The molecule has 0 atom stereocenters. The number of rotatable bonds is 14. The Balaban J connectivity index is 1.47. The average Bonchev–Trinajstić information content (AvgIpc) is 2.62. The van der Waals surface area contributed by atoms with Gasteiger partial charge >= 0.3 is 0 Å². The highest BCUT2D eigenvalue weighted by Crippen LogP contribution is 2.60. The molecule has 0 aliphatic heterocycles. The maximum Gasteiger partial charge on any atom is 0.132 e. The van der Waals surface area contributed by atoms with E-state index < -0.39 is 0 Å². The fourth-order valence-electron chi connectivity index (χ4n) is 6.36. The Labute approximate surface area is 171 Å². The van der Waals surface area contributed by atoms with Gasteiger partial charge in [0.05, 0.1) is 11.2 Å². The molecule has 0 unspecified atom stereocenters. The van der Waals surface area contributed by atoms with Crippen molar-refractivity contribution in [2.24, 2.45) is 11.8 Å². The molecule has 4 rings (SSSR count). The highest BCUT2D eigenvalue weighted by molar-refractivity contribution is 5.78. The van der Waals surface area contributed by atoms with Gasteiger partial charge in [0.25, 0.3) is 0 Å². The molecule has 28 heavy (non-hydrogen) atoms. The van der Waals surface area contributed by atoms with Crippen LogP contribution in [0, 0.1) is 11.8 Å². The summed E-state index contributed by atoms with van der Waals surface area (Å²) >= 11 is 0. The second kappa shape index (κ2) is 9.84. The molecule has 0 radical (unpaired) electrons. The van der Waals surface area contributed by atoms with Crippen molar-refractivity contribution in [1.29, 1.82) is 0 Å². The first-order valence-corrected chi connectivity index (χ1v) is 11.8. The van der Waals surface area contributed by atoms with Gasteiger partial charge in [0, 0.05) is 45.3 Å². The van der Waals surface area contributed by atoms with E-state index in [2.05, 4.69) is 13.8 Å². The van der Waals surface area contributed by atoms with Crippen molar-refractivity contribution in [2.45, 2.75) is 115 Å². The molecule has 0 aromatic heterocycles. The Morgan fingerprint density at radius 2 is 1.18 bits per heavy atom. The van der Waals surface area contributed by atoms with Gasteiger partial charge in [-0.2, -0.15) is 0 Å². The minimum absolute atomic E-state index is 0.0179. The predicted molar refractivity (Wildman–Crippen MR) is 110 cm³/mol. The number of carbonyl (C=O) groups is 2.